The standard InChI is InChI=1S/C25H19NO3/c27-24(26-23-15-14-19-8-4-5-9-22(19)16-23)17-29-25(28)21-12-10-20(11-13-21)18-6-2-1-3-7-18/h1-16H,17H2,(H,26,27). The Balaban J connectivity index is 1.34. The number of nitrogens with one attached hydrogen (secondary N) is 1. The summed E-state index contributed by atoms with van der Waals surface area (Å²) in [6, 6.07) is 30.6. The lowest BCUT2D eigenvalue weighted by Gasteiger charge is -2.08. The Bertz CT molecular complexity index is 1150. The fraction of sp³-hybridized carbons (Fsp3) is 0.0400. The number of anilines is 1. The van der Waals surface area contributed by atoms with Crippen molar-refractivity contribution in [2.24, 2.45) is 0 Å². The number of amides is 1. The molecule has 1 N–H and O–H groups in total. The van der Waals surface area contributed by atoms with Gasteiger partial charge in [-0.1, -0.05) is 72.8 Å². The zero-order valence-electron chi connectivity index (χ0n) is 15.7. The molecule has 0 aliphatic carbocycles. The first-order valence-corrected chi connectivity index (χ1v) is 9.30. The van der Waals surface area contributed by atoms with E-state index in [1.165, 1.54) is 0 Å². The fourth-order valence-electron chi connectivity index (χ4n) is 3.11. The van der Waals surface area contributed by atoms with E-state index in [9.17, 15) is 9.59 Å². The van der Waals surface area contributed by atoms with E-state index in [4.69, 9.17) is 4.74 Å². The summed E-state index contributed by atoms with van der Waals surface area (Å²) in [5.74, 6) is -0.909. The minimum atomic E-state index is -0.529. The molecular weight excluding hydrogens is 362 g/mol. The van der Waals surface area contributed by atoms with Crippen LogP contribution in [0.15, 0.2) is 97.1 Å². The van der Waals surface area contributed by atoms with Gasteiger partial charge in [-0.25, -0.2) is 4.79 Å². The Kier molecular flexibility index (Phi) is 5.34. The van der Waals surface area contributed by atoms with Crippen molar-refractivity contribution < 1.29 is 14.3 Å². The van der Waals surface area contributed by atoms with Crippen molar-refractivity contribution in [1.29, 1.82) is 0 Å². The van der Waals surface area contributed by atoms with Crippen LogP contribution >= 0.6 is 0 Å². The normalized spacial score (nSPS) is 10.5. The van der Waals surface area contributed by atoms with Crippen molar-refractivity contribution in [2.45, 2.75) is 0 Å². The summed E-state index contributed by atoms with van der Waals surface area (Å²) in [5, 5.41) is 4.88. The van der Waals surface area contributed by atoms with Crippen LogP contribution in [0, 0.1) is 0 Å². The number of rotatable bonds is 5. The molecule has 4 rings (SSSR count). The lowest BCUT2D eigenvalue weighted by molar-refractivity contribution is -0.119. The predicted octanol–water partition coefficient (Wildman–Crippen LogP) is 5.30. The van der Waals surface area contributed by atoms with E-state index in [1.807, 2.05) is 84.9 Å². The van der Waals surface area contributed by atoms with Gasteiger partial charge in [-0.05, 0) is 46.2 Å². The van der Waals surface area contributed by atoms with Crippen molar-refractivity contribution in [1.82, 2.24) is 0 Å². The van der Waals surface area contributed by atoms with Gasteiger partial charge in [0.1, 0.15) is 0 Å². The van der Waals surface area contributed by atoms with Crippen molar-refractivity contribution in [3.8, 4) is 11.1 Å². The summed E-state index contributed by atoms with van der Waals surface area (Å²) in [6.45, 7) is -0.341. The van der Waals surface area contributed by atoms with Crippen LogP contribution in [-0.2, 0) is 9.53 Å². The van der Waals surface area contributed by atoms with E-state index < -0.39 is 5.97 Å². The van der Waals surface area contributed by atoms with Gasteiger partial charge in [0.15, 0.2) is 6.61 Å². The third kappa shape index (κ3) is 4.50. The minimum Gasteiger partial charge on any atom is -0.452 e. The maximum Gasteiger partial charge on any atom is 0.338 e. The molecule has 0 saturated carbocycles. The summed E-state index contributed by atoms with van der Waals surface area (Å²) < 4.78 is 5.14. The van der Waals surface area contributed by atoms with Crippen LogP contribution in [-0.4, -0.2) is 18.5 Å². The topological polar surface area (TPSA) is 55.4 Å². The van der Waals surface area contributed by atoms with Crippen LogP contribution in [0.25, 0.3) is 21.9 Å². The highest BCUT2D eigenvalue weighted by molar-refractivity contribution is 5.97. The highest BCUT2D eigenvalue weighted by Gasteiger charge is 2.11. The van der Waals surface area contributed by atoms with Crippen molar-refractivity contribution in [2.75, 3.05) is 11.9 Å². The first kappa shape index (κ1) is 18.4. The summed E-state index contributed by atoms with van der Waals surface area (Å²) in [7, 11) is 0. The smallest absolute Gasteiger partial charge is 0.338 e. The number of benzene rings is 4. The molecule has 0 bridgehead atoms. The highest BCUT2D eigenvalue weighted by Crippen LogP contribution is 2.20. The number of fused-ring (bicyclic) bond motifs is 1. The van der Waals surface area contributed by atoms with E-state index in [-0.39, 0.29) is 12.5 Å². The van der Waals surface area contributed by atoms with Gasteiger partial charge in [0, 0.05) is 5.69 Å². The maximum atomic E-state index is 12.2. The number of ether oxygens (including phenoxy) is 1. The molecular formula is C25H19NO3. The van der Waals surface area contributed by atoms with Crippen LogP contribution in [0.4, 0.5) is 5.69 Å². The maximum absolute atomic E-state index is 12.2. The molecule has 29 heavy (non-hydrogen) atoms. The first-order valence-electron chi connectivity index (χ1n) is 9.30. The van der Waals surface area contributed by atoms with Crippen LogP contribution in [0.5, 0.6) is 0 Å². The second-order valence-electron chi connectivity index (χ2n) is 6.63. The zero-order valence-corrected chi connectivity index (χ0v) is 15.7. The highest BCUT2D eigenvalue weighted by atomic mass is 16.5. The average Bonchev–Trinajstić information content (AvgIpc) is 2.78. The molecule has 0 atom stereocenters. The van der Waals surface area contributed by atoms with Gasteiger partial charge in [-0.15, -0.1) is 0 Å². The second kappa shape index (κ2) is 8.40. The Morgan fingerprint density at radius 3 is 2.10 bits per heavy atom. The van der Waals surface area contributed by atoms with Crippen LogP contribution in [0.3, 0.4) is 0 Å². The van der Waals surface area contributed by atoms with Gasteiger partial charge in [-0.2, -0.15) is 0 Å². The minimum absolute atomic E-state index is 0.341. The first-order chi connectivity index (χ1) is 14.2. The van der Waals surface area contributed by atoms with Gasteiger partial charge in [0.05, 0.1) is 5.56 Å². The molecule has 0 aromatic heterocycles. The summed E-state index contributed by atoms with van der Waals surface area (Å²) in [6.07, 6.45) is 0. The number of carbonyl (C=O) groups is 2. The summed E-state index contributed by atoms with van der Waals surface area (Å²) in [5.41, 5.74) is 3.15. The Morgan fingerprint density at radius 2 is 1.34 bits per heavy atom. The molecule has 0 saturated heterocycles. The van der Waals surface area contributed by atoms with Gasteiger partial charge in [0.25, 0.3) is 5.91 Å². The van der Waals surface area contributed by atoms with Crippen molar-refractivity contribution >= 4 is 28.3 Å². The van der Waals surface area contributed by atoms with Gasteiger partial charge < -0.3 is 10.1 Å². The van der Waals surface area contributed by atoms with E-state index in [0.29, 0.717) is 11.3 Å². The lowest BCUT2D eigenvalue weighted by atomic mass is 10.0. The molecule has 0 radical (unpaired) electrons. The number of hydrogen-bond acceptors (Lipinski definition) is 3. The Hall–Kier alpha value is -3.92. The summed E-state index contributed by atoms with van der Waals surface area (Å²) >= 11 is 0. The van der Waals surface area contributed by atoms with Crippen LogP contribution in [0.1, 0.15) is 10.4 Å². The van der Waals surface area contributed by atoms with Crippen LogP contribution in [0.2, 0.25) is 0 Å². The molecule has 142 valence electrons. The van der Waals surface area contributed by atoms with Crippen molar-refractivity contribution in [3.63, 3.8) is 0 Å². The van der Waals surface area contributed by atoms with Crippen LogP contribution < -0.4 is 5.32 Å². The summed E-state index contributed by atoms with van der Waals surface area (Å²) in [4.78, 5) is 24.4. The Morgan fingerprint density at radius 1 is 0.690 bits per heavy atom. The molecule has 4 aromatic carbocycles. The van der Waals surface area contributed by atoms with Gasteiger partial charge >= 0.3 is 5.97 Å². The molecule has 0 unspecified atom stereocenters. The van der Waals surface area contributed by atoms with Gasteiger partial charge in [-0.3, -0.25) is 4.79 Å². The monoisotopic (exact) mass is 381 g/mol. The van der Waals surface area contributed by atoms with E-state index in [0.717, 1.165) is 21.9 Å². The lowest BCUT2D eigenvalue weighted by Crippen LogP contribution is -2.20. The SMILES string of the molecule is O=C(COC(=O)c1ccc(-c2ccccc2)cc1)Nc1ccc2ccccc2c1. The largest absolute Gasteiger partial charge is 0.452 e. The van der Waals surface area contributed by atoms with E-state index in [1.54, 1.807) is 12.1 Å². The van der Waals surface area contributed by atoms with E-state index >= 15 is 0 Å². The molecule has 0 heterocycles. The quantitative estimate of drug-likeness (QED) is 0.477. The molecule has 0 aliphatic rings. The molecule has 4 heteroatoms. The molecule has 4 nitrogen and oxygen atoms in total. The zero-order chi connectivity index (χ0) is 20.1. The molecule has 1 amide bonds. The number of carbonyl (C=O) groups excluding carboxylic acids is 2. The Labute approximate surface area is 168 Å². The van der Waals surface area contributed by atoms with Gasteiger partial charge in [0.2, 0.25) is 0 Å². The molecule has 0 fully saturated rings. The predicted molar refractivity (Wildman–Crippen MR) is 115 cm³/mol. The number of esters is 1. The van der Waals surface area contributed by atoms with Crippen molar-refractivity contribution in [3.05, 3.63) is 103 Å². The third-order valence-electron chi connectivity index (χ3n) is 4.60. The molecule has 4 aromatic rings. The number of hydrogen-bond donors (Lipinski definition) is 1. The third-order valence-corrected chi connectivity index (χ3v) is 4.60. The fourth-order valence-corrected chi connectivity index (χ4v) is 3.11. The molecule has 0 spiro atoms. The van der Waals surface area contributed by atoms with E-state index in [2.05, 4.69) is 5.32 Å². The average molecular weight is 381 g/mol. The second-order valence-corrected chi connectivity index (χ2v) is 6.63. The molecule has 0 aliphatic heterocycles.